The quantitative estimate of drug-likeness (QED) is 0.375. The normalized spacial score (nSPS) is 12.6. The number of aromatic nitrogens is 2. The maximum Gasteiger partial charge on any atom is 0.0558 e. The lowest BCUT2D eigenvalue weighted by molar-refractivity contribution is 0.591. The minimum atomic E-state index is 0.119. The number of aryl methyl sites for hydroxylation is 2. The second kappa shape index (κ2) is 6.02. The van der Waals surface area contributed by atoms with Crippen molar-refractivity contribution in [2.24, 2.45) is 14.1 Å². The smallest absolute Gasteiger partial charge is 0.0558 e. The number of rotatable bonds is 2. The molecule has 27 heavy (non-hydrogen) atoms. The van der Waals surface area contributed by atoms with Gasteiger partial charge in [0.25, 0.3) is 0 Å². The van der Waals surface area contributed by atoms with E-state index in [9.17, 15) is 0 Å². The van der Waals surface area contributed by atoms with Crippen molar-refractivity contribution in [3.8, 4) is 11.1 Å². The fourth-order valence-electron chi connectivity index (χ4n) is 4.06. The average Bonchev–Trinajstić information content (AvgIpc) is 3.14. The topological polar surface area (TPSA) is 9.86 Å². The van der Waals surface area contributed by atoms with E-state index in [0.29, 0.717) is 5.92 Å². The van der Waals surface area contributed by atoms with Crippen LogP contribution in [0.3, 0.4) is 0 Å². The van der Waals surface area contributed by atoms with Gasteiger partial charge < -0.3 is 9.13 Å². The van der Waals surface area contributed by atoms with Crippen LogP contribution in [0.5, 0.6) is 0 Å². The Morgan fingerprint density at radius 2 is 1.59 bits per heavy atom. The standard InChI is InChI=1S/C25H30N2/c1-16(2)17-8-9-20-22(15-27(7)23(20)13-17)21-14-19(25(3,4)5)12-18-10-11-26(6)24(18)21/h8-16H,1-7H3. The van der Waals surface area contributed by atoms with E-state index in [1.807, 2.05) is 0 Å². The summed E-state index contributed by atoms with van der Waals surface area (Å²) in [7, 11) is 4.30. The maximum atomic E-state index is 2.40. The SMILES string of the molecule is CC(C)c1ccc2c(-c3cc(C(C)(C)C)cc4ccn(C)c34)cn(C)c2c1. The number of fused-ring (bicyclic) bond motifs is 2. The maximum absolute atomic E-state index is 2.40. The summed E-state index contributed by atoms with van der Waals surface area (Å²) >= 11 is 0. The Bertz CT molecular complexity index is 1150. The van der Waals surface area contributed by atoms with E-state index in [-0.39, 0.29) is 5.41 Å². The Morgan fingerprint density at radius 3 is 2.26 bits per heavy atom. The summed E-state index contributed by atoms with van der Waals surface area (Å²) in [5, 5.41) is 2.64. The molecule has 0 aliphatic rings. The van der Waals surface area contributed by atoms with Crippen LogP contribution in [0.25, 0.3) is 32.9 Å². The third-order valence-corrected chi connectivity index (χ3v) is 5.81. The molecule has 2 heteroatoms. The first-order chi connectivity index (χ1) is 12.7. The number of hydrogen-bond acceptors (Lipinski definition) is 0. The molecule has 0 atom stereocenters. The number of hydrogen-bond donors (Lipinski definition) is 0. The highest BCUT2D eigenvalue weighted by atomic mass is 14.9. The van der Waals surface area contributed by atoms with Crippen LogP contribution >= 0.6 is 0 Å². The van der Waals surface area contributed by atoms with Crippen molar-refractivity contribution in [3.05, 3.63) is 59.9 Å². The lowest BCUT2D eigenvalue weighted by atomic mass is 9.84. The first-order valence-corrected chi connectivity index (χ1v) is 9.85. The van der Waals surface area contributed by atoms with Crippen LogP contribution in [0.15, 0.2) is 48.8 Å². The number of nitrogens with zero attached hydrogens (tertiary/aromatic N) is 2. The zero-order valence-corrected chi connectivity index (χ0v) is 17.6. The fraction of sp³-hybridized carbons (Fsp3) is 0.360. The van der Waals surface area contributed by atoms with Gasteiger partial charge in [-0.1, -0.05) is 46.8 Å². The lowest BCUT2D eigenvalue weighted by Crippen LogP contribution is -2.11. The first kappa shape index (κ1) is 17.9. The van der Waals surface area contributed by atoms with Crippen LogP contribution in [0.2, 0.25) is 0 Å². The number of benzene rings is 2. The van der Waals surface area contributed by atoms with Crippen LogP contribution in [0, 0.1) is 0 Å². The zero-order valence-electron chi connectivity index (χ0n) is 17.6. The van der Waals surface area contributed by atoms with Crippen LogP contribution in [-0.4, -0.2) is 9.13 Å². The van der Waals surface area contributed by atoms with Gasteiger partial charge in [0.15, 0.2) is 0 Å². The summed E-state index contributed by atoms with van der Waals surface area (Å²) in [6, 6.07) is 13.9. The average molecular weight is 359 g/mol. The van der Waals surface area contributed by atoms with E-state index < -0.39 is 0 Å². The second-order valence-electron chi connectivity index (χ2n) is 9.22. The van der Waals surface area contributed by atoms with Crippen molar-refractivity contribution in [3.63, 3.8) is 0 Å². The van der Waals surface area contributed by atoms with Crippen LogP contribution in [0.4, 0.5) is 0 Å². The molecule has 2 aromatic carbocycles. The van der Waals surface area contributed by atoms with Crippen molar-refractivity contribution in [1.82, 2.24) is 9.13 Å². The van der Waals surface area contributed by atoms with Gasteiger partial charge in [-0.15, -0.1) is 0 Å². The molecule has 0 saturated heterocycles. The van der Waals surface area contributed by atoms with Crippen molar-refractivity contribution < 1.29 is 0 Å². The Labute approximate surface area is 162 Å². The summed E-state index contributed by atoms with van der Waals surface area (Å²) in [5.74, 6) is 0.538. The van der Waals surface area contributed by atoms with E-state index in [2.05, 4.69) is 107 Å². The van der Waals surface area contributed by atoms with Crippen LogP contribution in [-0.2, 0) is 19.5 Å². The highest BCUT2D eigenvalue weighted by Gasteiger charge is 2.20. The molecule has 140 valence electrons. The van der Waals surface area contributed by atoms with E-state index >= 15 is 0 Å². The molecule has 0 fully saturated rings. The van der Waals surface area contributed by atoms with Gasteiger partial charge in [0.2, 0.25) is 0 Å². The monoisotopic (exact) mass is 358 g/mol. The molecule has 4 aromatic rings. The molecule has 0 spiro atoms. The van der Waals surface area contributed by atoms with Crippen molar-refractivity contribution in [1.29, 1.82) is 0 Å². The molecule has 0 amide bonds. The molecule has 0 N–H and O–H groups in total. The molecule has 0 bridgehead atoms. The van der Waals surface area contributed by atoms with Gasteiger partial charge >= 0.3 is 0 Å². The Morgan fingerprint density at radius 1 is 0.852 bits per heavy atom. The zero-order chi connectivity index (χ0) is 19.5. The van der Waals surface area contributed by atoms with Crippen LogP contribution in [0.1, 0.15) is 51.7 Å². The summed E-state index contributed by atoms with van der Waals surface area (Å²) in [6.45, 7) is 11.4. The van der Waals surface area contributed by atoms with Crippen molar-refractivity contribution in [2.75, 3.05) is 0 Å². The van der Waals surface area contributed by atoms with E-state index in [1.165, 1.54) is 44.1 Å². The Kier molecular flexibility index (Phi) is 3.99. The molecule has 4 rings (SSSR count). The molecule has 0 unspecified atom stereocenters. The molecule has 2 nitrogen and oxygen atoms in total. The van der Waals surface area contributed by atoms with Gasteiger partial charge in [-0.2, -0.15) is 0 Å². The van der Waals surface area contributed by atoms with Gasteiger partial charge in [-0.25, -0.2) is 0 Å². The Balaban J connectivity index is 2.06. The molecule has 2 aromatic heterocycles. The first-order valence-electron chi connectivity index (χ1n) is 9.85. The Hall–Kier alpha value is -2.48. The van der Waals surface area contributed by atoms with E-state index in [4.69, 9.17) is 0 Å². The summed E-state index contributed by atoms with van der Waals surface area (Å²) in [5.41, 5.74) is 8.15. The highest BCUT2D eigenvalue weighted by Crippen LogP contribution is 2.39. The minimum absolute atomic E-state index is 0.119. The predicted octanol–water partition coefficient (Wildman–Crippen LogP) is 6.76. The molecular weight excluding hydrogens is 328 g/mol. The molecule has 0 aliphatic carbocycles. The molecule has 0 radical (unpaired) electrons. The summed E-state index contributed by atoms with van der Waals surface area (Å²) in [6.07, 6.45) is 4.46. The molecule has 0 saturated carbocycles. The van der Waals surface area contributed by atoms with Crippen molar-refractivity contribution in [2.45, 2.75) is 46.0 Å². The minimum Gasteiger partial charge on any atom is -0.350 e. The van der Waals surface area contributed by atoms with Gasteiger partial charge in [-0.3, -0.25) is 0 Å². The van der Waals surface area contributed by atoms with E-state index in [1.54, 1.807) is 0 Å². The van der Waals surface area contributed by atoms with E-state index in [0.717, 1.165) is 0 Å². The van der Waals surface area contributed by atoms with Gasteiger partial charge in [-0.05, 0) is 46.7 Å². The second-order valence-corrected chi connectivity index (χ2v) is 9.22. The van der Waals surface area contributed by atoms with Gasteiger partial charge in [0.1, 0.15) is 0 Å². The van der Waals surface area contributed by atoms with Crippen LogP contribution < -0.4 is 0 Å². The summed E-state index contributed by atoms with van der Waals surface area (Å²) in [4.78, 5) is 0. The summed E-state index contributed by atoms with van der Waals surface area (Å²) < 4.78 is 4.52. The molecule has 0 aliphatic heterocycles. The largest absolute Gasteiger partial charge is 0.350 e. The van der Waals surface area contributed by atoms with Gasteiger partial charge in [0, 0.05) is 53.9 Å². The molecular formula is C25H30N2. The third-order valence-electron chi connectivity index (χ3n) is 5.81. The predicted molar refractivity (Wildman–Crippen MR) is 118 cm³/mol. The fourth-order valence-corrected chi connectivity index (χ4v) is 4.06. The molecule has 2 heterocycles. The van der Waals surface area contributed by atoms with Crippen molar-refractivity contribution >= 4 is 21.8 Å². The lowest BCUT2D eigenvalue weighted by Gasteiger charge is -2.21. The highest BCUT2D eigenvalue weighted by molar-refractivity contribution is 6.05. The third kappa shape index (κ3) is 2.88. The van der Waals surface area contributed by atoms with Gasteiger partial charge in [0.05, 0.1) is 5.52 Å².